The number of hydrogen-bond donors (Lipinski definition) is 1. The Morgan fingerprint density at radius 2 is 1.77 bits per heavy atom. The van der Waals surface area contributed by atoms with Crippen molar-refractivity contribution in [2.24, 2.45) is 0 Å². The number of hydrogen-bond acceptors (Lipinski definition) is 3. The van der Waals surface area contributed by atoms with Crippen molar-refractivity contribution in [3.8, 4) is 0 Å². The minimum Gasteiger partial charge on any atom is -0.323 e. The van der Waals surface area contributed by atoms with E-state index in [0.29, 0.717) is 10.7 Å². The lowest BCUT2D eigenvalue weighted by molar-refractivity contribution is -0.132. The van der Waals surface area contributed by atoms with Gasteiger partial charge < -0.3 is 5.32 Å². The van der Waals surface area contributed by atoms with Crippen LogP contribution in [-0.2, 0) is 11.3 Å². The number of rotatable bonds is 2. The fourth-order valence-electron chi connectivity index (χ4n) is 4.09. The molecule has 5 nitrogen and oxygen atoms in total. The van der Waals surface area contributed by atoms with E-state index in [1.54, 1.807) is 0 Å². The summed E-state index contributed by atoms with van der Waals surface area (Å²) in [6, 6.07) is 9.26. The number of carbonyl (C=O) groups excluding carboxylic acids is 2. The number of benzene rings is 1. The van der Waals surface area contributed by atoms with Gasteiger partial charge in [0, 0.05) is 10.9 Å². The van der Waals surface area contributed by atoms with E-state index in [4.69, 9.17) is 11.6 Å². The molecule has 1 aliphatic heterocycles. The van der Waals surface area contributed by atoms with Gasteiger partial charge in [-0.25, -0.2) is 9.78 Å². The molecule has 0 unspecified atom stereocenters. The van der Waals surface area contributed by atoms with Crippen LogP contribution in [0.3, 0.4) is 0 Å². The van der Waals surface area contributed by atoms with Gasteiger partial charge in [0.25, 0.3) is 5.91 Å². The molecule has 1 saturated carbocycles. The standard InChI is InChI=1S/C20H22ClN3O2/c21-17-15(12-14-8-4-5-9-16(14)22-17)13-24-18(25)20(23-19(24)26)10-6-2-1-3-7-11-20/h4-5,8-9,12H,1-3,6-7,10-11,13H2,(H,23,26). The van der Waals surface area contributed by atoms with Crippen molar-refractivity contribution in [3.63, 3.8) is 0 Å². The highest BCUT2D eigenvalue weighted by atomic mass is 35.5. The third-order valence-electron chi connectivity index (χ3n) is 5.53. The second kappa shape index (κ2) is 6.88. The van der Waals surface area contributed by atoms with Gasteiger partial charge in [-0.15, -0.1) is 0 Å². The van der Waals surface area contributed by atoms with E-state index in [1.165, 1.54) is 11.3 Å². The maximum Gasteiger partial charge on any atom is 0.325 e. The summed E-state index contributed by atoms with van der Waals surface area (Å²) in [5, 5.41) is 4.27. The zero-order chi connectivity index (χ0) is 18.1. The van der Waals surface area contributed by atoms with Crippen molar-refractivity contribution < 1.29 is 9.59 Å². The molecule has 136 valence electrons. The zero-order valence-electron chi connectivity index (χ0n) is 14.6. The van der Waals surface area contributed by atoms with Gasteiger partial charge in [0.05, 0.1) is 12.1 Å². The molecule has 2 fully saturated rings. The van der Waals surface area contributed by atoms with Crippen LogP contribution < -0.4 is 5.32 Å². The lowest BCUT2D eigenvalue weighted by Crippen LogP contribution is -2.47. The van der Waals surface area contributed by atoms with Crippen LogP contribution in [0.25, 0.3) is 10.9 Å². The van der Waals surface area contributed by atoms with E-state index in [2.05, 4.69) is 10.3 Å². The number of fused-ring (bicyclic) bond motifs is 1. The molecule has 0 atom stereocenters. The molecular formula is C20H22ClN3O2. The van der Waals surface area contributed by atoms with Gasteiger partial charge >= 0.3 is 6.03 Å². The fraction of sp³-hybridized carbons (Fsp3) is 0.450. The molecular weight excluding hydrogens is 350 g/mol. The summed E-state index contributed by atoms with van der Waals surface area (Å²) in [5.74, 6) is -0.117. The Labute approximate surface area is 157 Å². The van der Waals surface area contributed by atoms with E-state index < -0.39 is 5.54 Å². The molecule has 3 amide bonds. The van der Waals surface area contributed by atoms with Gasteiger partial charge in [0.1, 0.15) is 10.7 Å². The lowest BCUT2D eigenvalue weighted by Gasteiger charge is -2.28. The number of carbonyl (C=O) groups is 2. The minimum atomic E-state index is -0.728. The van der Waals surface area contributed by atoms with Crippen LogP contribution in [0.15, 0.2) is 30.3 Å². The van der Waals surface area contributed by atoms with Gasteiger partial charge in [0.15, 0.2) is 0 Å². The Hall–Kier alpha value is -2.14. The normalized spacial score (nSPS) is 20.3. The SMILES string of the molecule is O=C1NC2(CCCCCCC2)C(=O)N1Cc1cc2ccccc2nc1Cl. The smallest absolute Gasteiger partial charge is 0.323 e. The van der Waals surface area contributed by atoms with E-state index >= 15 is 0 Å². The van der Waals surface area contributed by atoms with Crippen molar-refractivity contribution in [1.82, 2.24) is 15.2 Å². The summed E-state index contributed by atoms with van der Waals surface area (Å²) < 4.78 is 0. The summed E-state index contributed by atoms with van der Waals surface area (Å²) in [7, 11) is 0. The van der Waals surface area contributed by atoms with E-state index in [9.17, 15) is 9.59 Å². The van der Waals surface area contributed by atoms with Crippen LogP contribution in [0.1, 0.15) is 50.5 Å². The maximum atomic E-state index is 13.1. The zero-order valence-corrected chi connectivity index (χ0v) is 15.4. The van der Waals surface area contributed by atoms with Crippen LogP contribution in [-0.4, -0.2) is 27.4 Å². The first-order chi connectivity index (χ1) is 12.6. The number of nitrogens with zero attached hydrogens (tertiary/aromatic N) is 2. The molecule has 1 saturated heterocycles. The summed E-state index contributed by atoms with van der Waals surface area (Å²) in [6.07, 6.45) is 6.82. The number of pyridine rings is 1. The van der Waals surface area contributed by atoms with Crippen LogP contribution in [0.2, 0.25) is 5.15 Å². The summed E-state index contributed by atoms with van der Waals surface area (Å²) in [6.45, 7) is 0.156. The van der Waals surface area contributed by atoms with E-state index in [-0.39, 0.29) is 18.5 Å². The molecule has 2 aromatic rings. The molecule has 6 heteroatoms. The highest BCUT2D eigenvalue weighted by Crippen LogP contribution is 2.33. The first-order valence-corrected chi connectivity index (χ1v) is 9.65. The number of imide groups is 1. The molecule has 1 aromatic carbocycles. The van der Waals surface area contributed by atoms with Gasteiger partial charge in [-0.1, -0.05) is 61.9 Å². The molecule has 26 heavy (non-hydrogen) atoms. The number of para-hydroxylation sites is 1. The Morgan fingerprint density at radius 1 is 1.08 bits per heavy atom. The summed E-state index contributed by atoms with van der Waals surface area (Å²) in [5.41, 5.74) is 0.764. The van der Waals surface area contributed by atoms with Crippen molar-refractivity contribution in [2.45, 2.75) is 57.0 Å². The average molecular weight is 372 g/mol. The first kappa shape index (κ1) is 17.3. The third kappa shape index (κ3) is 3.05. The topological polar surface area (TPSA) is 62.3 Å². The van der Waals surface area contributed by atoms with Crippen LogP contribution in [0.5, 0.6) is 0 Å². The molecule has 1 aromatic heterocycles. The summed E-state index contributed by atoms with van der Waals surface area (Å²) in [4.78, 5) is 31.4. The Balaban J connectivity index is 1.61. The van der Waals surface area contributed by atoms with Crippen LogP contribution in [0, 0.1) is 0 Å². The molecule has 1 N–H and O–H groups in total. The Bertz CT molecular complexity index is 859. The molecule has 2 heterocycles. The molecule has 0 radical (unpaired) electrons. The van der Waals surface area contributed by atoms with E-state index in [1.807, 2.05) is 30.3 Å². The van der Waals surface area contributed by atoms with Gasteiger partial charge in [0.2, 0.25) is 0 Å². The van der Waals surface area contributed by atoms with Gasteiger partial charge in [-0.3, -0.25) is 9.69 Å². The summed E-state index contributed by atoms with van der Waals surface area (Å²) >= 11 is 6.32. The van der Waals surface area contributed by atoms with Crippen LogP contribution >= 0.6 is 11.6 Å². The van der Waals surface area contributed by atoms with Crippen molar-refractivity contribution >= 4 is 34.4 Å². The second-order valence-electron chi connectivity index (χ2n) is 7.30. The van der Waals surface area contributed by atoms with Crippen LogP contribution in [0.4, 0.5) is 4.79 Å². The van der Waals surface area contributed by atoms with Gasteiger partial charge in [-0.05, 0) is 25.0 Å². The molecule has 0 bridgehead atoms. The van der Waals surface area contributed by atoms with Crippen molar-refractivity contribution in [2.75, 3.05) is 0 Å². The second-order valence-corrected chi connectivity index (χ2v) is 7.66. The third-order valence-corrected chi connectivity index (χ3v) is 5.86. The number of urea groups is 1. The molecule has 1 spiro atoms. The monoisotopic (exact) mass is 371 g/mol. The van der Waals surface area contributed by atoms with E-state index in [0.717, 1.165) is 49.4 Å². The number of halogens is 1. The molecule has 1 aliphatic carbocycles. The Kier molecular flexibility index (Phi) is 4.57. The van der Waals surface area contributed by atoms with Gasteiger partial charge in [-0.2, -0.15) is 0 Å². The highest BCUT2D eigenvalue weighted by Gasteiger charge is 2.50. The number of nitrogens with one attached hydrogen (secondary N) is 1. The highest BCUT2D eigenvalue weighted by molar-refractivity contribution is 6.30. The predicted molar refractivity (Wildman–Crippen MR) is 101 cm³/mol. The molecule has 2 aliphatic rings. The molecule has 4 rings (SSSR count). The average Bonchev–Trinajstić information content (AvgIpc) is 2.84. The fourth-order valence-corrected chi connectivity index (χ4v) is 4.29. The number of aromatic nitrogens is 1. The Morgan fingerprint density at radius 3 is 2.54 bits per heavy atom. The number of amides is 3. The first-order valence-electron chi connectivity index (χ1n) is 9.27. The lowest BCUT2D eigenvalue weighted by atomic mass is 9.84. The largest absolute Gasteiger partial charge is 0.325 e. The van der Waals surface area contributed by atoms with Crippen molar-refractivity contribution in [1.29, 1.82) is 0 Å². The minimum absolute atomic E-state index is 0.117. The maximum absolute atomic E-state index is 13.1. The quantitative estimate of drug-likeness (QED) is 0.627. The predicted octanol–water partition coefficient (Wildman–Crippen LogP) is 4.42. The van der Waals surface area contributed by atoms with Crippen molar-refractivity contribution in [3.05, 3.63) is 41.0 Å².